The van der Waals surface area contributed by atoms with Gasteiger partial charge in [-0.15, -0.1) is 0 Å². The molecule has 0 aliphatic rings. The summed E-state index contributed by atoms with van der Waals surface area (Å²) in [5.74, 6) is -0.0125. The van der Waals surface area contributed by atoms with Gasteiger partial charge in [-0.05, 0) is 38.5 Å². The molecule has 23 heavy (non-hydrogen) atoms. The zero-order chi connectivity index (χ0) is 16.7. The van der Waals surface area contributed by atoms with E-state index in [2.05, 4.69) is 55.3 Å². The number of carbonyl (C=O) groups is 1. The molecule has 3 heteroatoms. The topological polar surface area (TPSA) is 32.3 Å². The SMILES string of the molecule is CC(CN(Cc1ccccc1)C(C)C)NC(=O)c1ccccc1. The van der Waals surface area contributed by atoms with E-state index in [9.17, 15) is 4.79 Å². The van der Waals surface area contributed by atoms with Crippen LogP contribution in [0.2, 0.25) is 0 Å². The van der Waals surface area contributed by atoms with Gasteiger partial charge in [-0.3, -0.25) is 9.69 Å². The summed E-state index contributed by atoms with van der Waals surface area (Å²) in [6, 6.07) is 20.3. The number of hydrogen-bond acceptors (Lipinski definition) is 2. The van der Waals surface area contributed by atoms with Crippen LogP contribution in [-0.2, 0) is 6.54 Å². The number of nitrogens with one attached hydrogen (secondary N) is 1. The molecule has 1 atom stereocenters. The summed E-state index contributed by atoms with van der Waals surface area (Å²) in [5, 5.41) is 3.09. The first-order chi connectivity index (χ1) is 11.1. The lowest BCUT2D eigenvalue weighted by molar-refractivity contribution is 0.0921. The lowest BCUT2D eigenvalue weighted by atomic mass is 10.1. The Bertz CT molecular complexity index is 596. The highest BCUT2D eigenvalue weighted by molar-refractivity contribution is 5.94. The Balaban J connectivity index is 1.93. The molecule has 0 aliphatic carbocycles. The highest BCUT2D eigenvalue weighted by atomic mass is 16.1. The highest BCUT2D eigenvalue weighted by Crippen LogP contribution is 2.09. The number of benzene rings is 2. The predicted octanol–water partition coefficient (Wildman–Crippen LogP) is 3.72. The molecule has 2 aromatic rings. The molecule has 2 rings (SSSR count). The van der Waals surface area contributed by atoms with Crippen molar-refractivity contribution < 1.29 is 4.79 Å². The number of carbonyl (C=O) groups excluding carboxylic acids is 1. The van der Waals surface area contributed by atoms with E-state index in [4.69, 9.17) is 0 Å². The average Bonchev–Trinajstić information content (AvgIpc) is 2.56. The summed E-state index contributed by atoms with van der Waals surface area (Å²) in [6.07, 6.45) is 0. The Morgan fingerprint density at radius 3 is 2.09 bits per heavy atom. The normalized spacial score (nSPS) is 12.4. The van der Waals surface area contributed by atoms with Crippen molar-refractivity contribution in [2.45, 2.75) is 39.4 Å². The van der Waals surface area contributed by atoms with E-state index >= 15 is 0 Å². The maximum atomic E-state index is 12.2. The van der Waals surface area contributed by atoms with Crippen molar-refractivity contribution in [3.8, 4) is 0 Å². The Morgan fingerprint density at radius 2 is 1.52 bits per heavy atom. The zero-order valence-electron chi connectivity index (χ0n) is 14.2. The van der Waals surface area contributed by atoms with Gasteiger partial charge in [0, 0.05) is 30.7 Å². The minimum atomic E-state index is -0.0125. The second-order valence-corrected chi connectivity index (χ2v) is 6.25. The lowest BCUT2D eigenvalue weighted by Crippen LogP contribution is -2.44. The smallest absolute Gasteiger partial charge is 0.251 e. The number of rotatable bonds is 7. The Morgan fingerprint density at radius 1 is 0.957 bits per heavy atom. The molecular weight excluding hydrogens is 284 g/mol. The molecule has 0 saturated carbocycles. The maximum Gasteiger partial charge on any atom is 0.251 e. The maximum absolute atomic E-state index is 12.2. The van der Waals surface area contributed by atoms with Crippen molar-refractivity contribution in [1.29, 1.82) is 0 Å². The molecule has 1 N–H and O–H groups in total. The zero-order valence-corrected chi connectivity index (χ0v) is 14.2. The number of hydrogen-bond donors (Lipinski definition) is 1. The van der Waals surface area contributed by atoms with Gasteiger partial charge in [-0.25, -0.2) is 0 Å². The Kier molecular flexibility index (Phi) is 6.36. The third-order valence-electron chi connectivity index (χ3n) is 3.88. The van der Waals surface area contributed by atoms with Crippen molar-refractivity contribution in [3.63, 3.8) is 0 Å². The van der Waals surface area contributed by atoms with Gasteiger partial charge < -0.3 is 5.32 Å². The second kappa shape index (κ2) is 8.49. The fraction of sp³-hybridized carbons (Fsp3) is 0.350. The monoisotopic (exact) mass is 310 g/mol. The van der Waals surface area contributed by atoms with Gasteiger partial charge in [-0.2, -0.15) is 0 Å². The first-order valence-electron chi connectivity index (χ1n) is 8.20. The largest absolute Gasteiger partial charge is 0.348 e. The molecule has 2 aromatic carbocycles. The molecule has 0 aromatic heterocycles. The minimum absolute atomic E-state index is 0.0125. The van der Waals surface area contributed by atoms with Crippen LogP contribution in [0.4, 0.5) is 0 Å². The third kappa shape index (κ3) is 5.53. The quantitative estimate of drug-likeness (QED) is 0.845. The Hall–Kier alpha value is -2.13. The van der Waals surface area contributed by atoms with Crippen molar-refractivity contribution >= 4 is 5.91 Å². The van der Waals surface area contributed by atoms with E-state index in [1.165, 1.54) is 5.56 Å². The van der Waals surface area contributed by atoms with Crippen molar-refractivity contribution in [2.24, 2.45) is 0 Å². The van der Waals surface area contributed by atoms with Crippen molar-refractivity contribution in [2.75, 3.05) is 6.54 Å². The van der Waals surface area contributed by atoms with Crippen LogP contribution in [0, 0.1) is 0 Å². The molecular formula is C20H26N2O. The molecule has 1 unspecified atom stereocenters. The summed E-state index contributed by atoms with van der Waals surface area (Å²) >= 11 is 0. The van der Waals surface area contributed by atoms with Crippen molar-refractivity contribution in [1.82, 2.24) is 10.2 Å². The summed E-state index contributed by atoms with van der Waals surface area (Å²) in [6.45, 7) is 8.15. The fourth-order valence-electron chi connectivity index (χ4n) is 2.57. The van der Waals surface area contributed by atoms with Gasteiger partial charge in [0.2, 0.25) is 0 Å². The lowest BCUT2D eigenvalue weighted by Gasteiger charge is -2.29. The van der Waals surface area contributed by atoms with Crippen LogP contribution in [0.5, 0.6) is 0 Å². The summed E-state index contributed by atoms with van der Waals surface area (Å²) in [7, 11) is 0. The van der Waals surface area contributed by atoms with E-state index in [0.717, 1.165) is 13.1 Å². The molecule has 0 spiro atoms. The third-order valence-corrected chi connectivity index (χ3v) is 3.88. The van der Waals surface area contributed by atoms with E-state index in [1.54, 1.807) is 0 Å². The molecule has 0 saturated heterocycles. The molecule has 0 aliphatic heterocycles. The van der Waals surface area contributed by atoms with Crippen LogP contribution in [0.3, 0.4) is 0 Å². The van der Waals surface area contributed by atoms with Gasteiger partial charge in [0.25, 0.3) is 5.91 Å². The standard InChI is InChI=1S/C20H26N2O/c1-16(2)22(15-18-10-6-4-7-11-18)14-17(3)21-20(23)19-12-8-5-9-13-19/h4-13,16-17H,14-15H2,1-3H3,(H,21,23). The van der Waals surface area contributed by atoms with Crippen LogP contribution in [0.1, 0.15) is 36.7 Å². The minimum Gasteiger partial charge on any atom is -0.348 e. The summed E-state index contributed by atoms with van der Waals surface area (Å²) < 4.78 is 0. The van der Waals surface area contributed by atoms with Gasteiger partial charge in [0.1, 0.15) is 0 Å². The van der Waals surface area contributed by atoms with Crippen LogP contribution < -0.4 is 5.32 Å². The summed E-state index contributed by atoms with van der Waals surface area (Å²) in [5.41, 5.74) is 2.00. The van der Waals surface area contributed by atoms with Gasteiger partial charge in [0.05, 0.1) is 0 Å². The Labute approximate surface area is 139 Å². The van der Waals surface area contributed by atoms with Crippen LogP contribution in [0.15, 0.2) is 60.7 Å². The van der Waals surface area contributed by atoms with Gasteiger partial charge >= 0.3 is 0 Å². The molecule has 122 valence electrons. The van der Waals surface area contributed by atoms with Crippen molar-refractivity contribution in [3.05, 3.63) is 71.8 Å². The second-order valence-electron chi connectivity index (χ2n) is 6.25. The van der Waals surface area contributed by atoms with E-state index < -0.39 is 0 Å². The first-order valence-corrected chi connectivity index (χ1v) is 8.20. The highest BCUT2D eigenvalue weighted by Gasteiger charge is 2.16. The average molecular weight is 310 g/mol. The molecule has 0 bridgehead atoms. The first kappa shape index (κ1) is 17.2. The number of nitrogens with zero attached hydrogens (tertiary/aromatic N) is 1. The molecule has 0 heterocycles. The molecule has 0 fully saturated rings. The van der Waals surface area contributed by atoms with Gasteiger partial charge in [-0.1, -0.05) is 48.5 Å². The summed E-state index contributed by atoms with van der Waals surface area (Å²) in [4.78, 5) is 14.6. The van der Waals surface area contributed by atoms with E-state index in [1.807, 2.05) is 36.4 Å². The molecule has 3 nitrogen and oxygen atoms in total. The van der Waals surface area contributed by atoms with Crippen LogP contribution in [-0.4, -0.2) is 29.4 Å². The molecule has 0 radical (unpaired) electrons. The predicted molar refractivity (Wildman–Crippen MR) is 95.4 cm³/mol. The van der Waals surface area contributed by atoms with Crippen LogP contribution >= 0.6 is 0 Å². The molecule has 1 amide bonds. The van der Waals surface area contributed by atoms with Gasteiger partial charge in [0.15, 0.2) is 0 Å². The van der Waals surface area contributed by atoms with E-state index in [0.29, 0.717) is 11.6 Å². The van der Waals surface area contributed by atoms with E-state index in [-0.39, 0.29) is 11.9 Å². The number of amides is 1. The van der Waals surface area contributed by atoms with Crippen LogP contribution in [0.25, 0.3) is 0 Å². The fourth-order valence-corrected chi connectivity index (χ4v) is 2.57.